The van der Waals surface area contributed by atoms with Gasteiger partial charge in [-0.15, -0.1) is 0 Å². The highest BCUT2D eigenvalue weighted by Gasteiger charge is 2.23. The van der Waals surface area contributed by atoms with E-state index in [0.717, 1.165) is 37.1 Å². The summed E-state index contributed by atoms with van der Waals surface area (Å²) in [6, 6.07) is 4.07. The SMILES string of the molecule is Cc1cc(C)c(NC(=O)CN2CCC(NC(=O)C(C)C)CC2)c(Cl)c1. The van der Waals surface area contributed by atoms with Crippen molar-refractivity contribution in [3.8, 4) is 0 Å². The first-order chi connectivity index (χ1) is 11.8. The number of likely N-dealkylation sites (tertiary alicyclic amines) is 1. The Bertz CT molecular complexity index is 615. The van der Waals surface area contributed by atoms with Crippen molar-refractivity contribution in [1.29, 1.82) is 0 Å². The van der Waals surface area contributed by atoms with E-state index in [4.69, 9.17) is 11.6 Å². The van der Waals surface area contributed by atoms with E-state index < -0.39 is 0 Å². The van der Waals surface area contributed by atoms with Crippen LogP contribution in [0.2, 0.25) is 5.02 Å². The van der Waals surface area contributed by atoms with E-state index in [1.165, 1.54) is 0 Å². The monoisotopic (exact) mass is 365 g/mol. The second kappa shape index (κ2) is 8.68. The fourth-order valence-electron chi connectivity index (χ4n) is 3.06. The lowest BCUT2D eigenvalue weighted by Gasteiger charge is -2.32. The molecule has 1 saturated heterocycles. The molecule has 0 saturated carbocycles. The molecule has 138 valence electrons. The zero-order valence-corrected chi connectivity index (χ0v) is 16.2. The topological polar surface area (TPSA) is 61.4 Å². The molecule has 1 aromatic carbocycles. The van der Waals surface area contributed by atoms with E-state index >= 15 is 0 Å². The lowest BCUT2D eigenvalue weighted by atomic mass is 10.0. The van der Waals surface area contributed by atoms with Crippen LogP contribution in [0.15, 0.2) is 12.1 Å². The highest BCUT2D eigenvalue weighted by atomic mass is 35.5. The largest absolute Gasteiger partial charge is 0.353 e. The molecule has 1 aromatic rings. The van der Waals surface area contributed by atoms with Crippen molar-refractivity contribution in [2.24, 2.45) is 5.92 Å². The van der Waals surface area contributed by atoms with Crippen molar-refractivity contribution in [3.63, 3.8) is 0 Å². The number of piperidine rings is 1. The Morgan fingerprint density at radius 3 is 2.44 bits per heavy atom. The Morgan fingerprint density at radius 2 is 1.88 bits per heavy atom. The van der Waals surface area contributed by atoms with Gasteiger partial charge < -0.3 is 10.6 Å². The van der Waals surface area contributed by atoms with Crippen LogP contribution in [-0.2, 0) is 9.59 Å². The Labute approximate surface area is 155 Å². The molecule has 0 aromatic heterocycles. The predicted molar refractivity (Wildman–Crippen MR) is 102 cm³/mol. The molecule has 0 aliphatic carbocycles. The molecule has 25 heavy (non-hydrogen) atoms. The zero-order chi connectivity index (χ0) is 18.6. The molecule has 2 N–H and O–H groups in total. The van der Waals surface area contributed by atoms with Gasteiger partial charge >= 0.3 is 0 Å². The molecule has 0 bridgehead atoms. The maximum Gasteiger partial charge on any atom is 0.238 e. The number of nitrogens with zero attached hydrogens (tertiary/aromatic N) is 1. The minimum atomic E-state index is -0.0569. The van der Waals surface area contributed by atoms with Crippen LogP contribution in [0.3, 0.4) is 0 Å². The molecule has 0 spiro atoms. The summed E-state index contributed by atoms with van der Waals surface area (Å²) in [5, 5.41) is 6.57. The Balaban J connectivity index is 1.82. The van der Waals surface area contributed by atoms with E-state index in [0.29, 0.717) is 17.3 Å². The molecule has 0 atom stereocenters. The number of amides is 2. The van der Waals surface area contributed by atoms with Crippen molar-refractivity contribution in [2.45, 2.75) is 46.6 Å². The van der Waals surface area contributed by atoms with E-state index in [1.54, 1.807) is 0 Å². The molecule has 1 aliphatic rings. The van der Waals surface area contributed by atoms with Crippen molar-refractivity contribution in [3.05, 3.63) is 28.3 Å². The van der Waals surface area contributed by atoms with Crippen molar-refractivity contribution >= 4 is 29.1 Å². The maximum atomic E-state index is 12.3. The third kappa shape index (κ3) is 5.72. The summed E-state index contributed by atoms with van der Waals surface area (Å²) in [6.45, 7) is 9.66. The van der Waals surface area contributed by atoms with Gasteiger partial charge in [0.15, 0.2) is 0 Å². The molecular formula is C19H28ClN3O2. The summed E-state index contributed by atoms with van der Waals surface area (Å²) < 4.78 is 0. The van der Waals surface area contributed by atoms with Crippen molar-refractivity contribution in [1.82, 2.24) is 10.2 Å². The van der Waals surface area contributed by atoms with Crippen LogP contribution in [0.1, 0.15) is 37.8 Å². The summed E-state index contributed by atoms with van der Waals surface area (Å²) >= 11 is 6.25. The van der Waals surface area contributed by atoms with Gasteiger partial charge in [0, 0.05) is 25.0 Å². The molecule has 1 aliphatic heterocycles. The molecular weight excluding hydrogens is 338 g/mol. The summed E-state index contributed by atoms with van der Waals surface area (Å²) in [4.78, 5) is 26.2. The lowest BCUT2D eigenvalue weighted by Crippen LogP contribution is -2.47. The molecule has 2 amide bonds. The van der Waals surface area contributed by atoms with Crippen molar-refractivity contribution < 1.29 is 9.59 Å². The first-order valence-corrected chi connectivity index (χ1v) is 9.23. The summed E-state index contributed by atoms with van der Waals surface area (Å²) in [6.07, 6.45) is 1.74. The second-order valence-electron chi connectivity index (χ2n) is 7.20. The van der Waals surface area contributed by atoms with Gasteiger partial charge in [-0.3, -0.25) is 14.5 Å². The van der Waals surface area contributed by atoms with Gasteiger partial charge in [-0.2, -0.15) is 0 Å². The molecule has 6 heteroatoms. The molecule has 5 nitrogen and oxygen atoms in total. The number of hydrogen-bond donors (Lipinski definition) is 2. The summed E-state index contributed by atoms with van der Waals surface area (Å²) in [7, 11) is 0. The zero-order valence-electron chi connectivity index (χ0n) is 15.5. The minimum Gasteiger partial charge on any atom is -0.353 e. The molecule has 2 rings (SSSR count). The lowest BCUT2D eigenvalue weighted by molar-refractivity contribution is -0.125. The van der Waals surface area contributed by atoms with Gasteiger partial charge in [0.2, 0.25) is 11.8 Å². The first-order valence-electron chi connectivity index (χ1n) is 8.85. The third-order valence-electron chi connectivity index (χ3n) is 4.52. The molecule has 1 heterocycles. The number of halogens is 1. The Hall–Kier alpha value is -1.59. The van der Waals surface area contributed by atoms with Gasteiger partial charge in [0.1, 0.15) is 0 Å². The Kier molecular flexibility index (Phi) is 6.85. The van der Waals surface area contributed by atoms with Gasteiger partial charge in [-0.1, -0.05) is 31.5 Å². The highest BCUT2D eigenvalue weighted by Crippen LogP contribution is 2.27. The third-order valence-corrected chi connectivity index (χ3v) is 4.82. The molecule has 1 fully saturated rings. The van der Waals surface area contributed by atoms with Crippen LogP contribution in [0, 0.1) is 19.8 Å². The average molecular weight is 366 g/mol. The van der Waals surface area contributed by atoms with E-state index in [-0.39, 0.29) is 23.8 Å². The second-order valence-corrected chi connectivity index (χ2v) is 7.61. The van der Waals surface area contributed by atoms with Gasteiger partial charge in [-0.05, 0) is 43.9 Å². The number of hydrogen-bond acceptors (Lipinski definition) is 3. The fraction of sp³-hybridized carbons (Fsp3) is 0.579. The number of aryl methyl sites for hydroxylation is 2. The van der Waals surface area contributed by atoms with Crippen LogP contribution >= 0.6 is 11.6 Å². The molecule has 0 radical (unpaired) electrons. The molecule has 0 unspecified atom stereocenters. The standard InChI is InChI=1S/C19H28ClN3O2/c1-12(2)19(25)21-15-5-7-23(8-6-15)11-17(24)22-18-14(4)9-13(3)10-16(18)20/h9-10,12,15H,5-8,11H2,1-4H3,(H,21,25)(H,22,24). The fourth-order valence-corrected chi connectivity index (χ4v) is 3.43. The minimum absolute atomic E-state index is 0.00584. The van der Waals surface area contributed by atoms with Gasteiger partial charge in [-0.25, -0.2) is 0 Å². The number of benzene rings is 1. The number of anilines is 1. The van der Waals surface area contributed by atoms with E-state index in [9.17, 15) is 9.59 Å². The van der Waals surface area contributed by atoms with Crippen LogP contribution in [0.4, 0.5) is 5.69 Å². The average Bonchev–Trinajstić information content (AvgIpc) is 2.52. The summed E-state index contributed by atoms with van der Waals surface area (Å²) in [5.74, 6) is 0.0468. The van der Waals surface area contributed by atoms with Gasteiger partial charge in [0.05, 0.1) is 17.3 Å². The van der Waals surface area contributed by atoms with Crippen LogP contribution in [0.5, 0.6) is 0 Å². The quantitative estimate of drug-likeness (QED) is 0.842. The number of carbonyl (C=O) groups is 2. The number of carbonyl (C=O) groups excluding carboxylic acids is 2. The van der Waals surface area contributed by atoms with Crippen LogP contribution in [0.25, 0.3) is 0 Å². The van der Waals surface area contributed by atoms with Crippen LogP contribution < -0.4 is 10.6 Å². The number of nitrogens with one attached hydrogen (secondary N) is 2. The maximum absolute atomic E-state index is 12.3. The predicted octanol–water partition coefficient (Wildman–Crippen LogP) is 3.13. The smallest absolute Gasteiger partial charge is 0.238 e. The normalized spacial score (nSPS) is 16.1. The van der Waals surface area contributed by atoms with E-state index in [1.807, 2.05) is 39.8 Å². The Morgan fingerprint density at radius 1 is 1.24 bits per heavy atom. The van der Waals surface area contributed by atoms with Crippen LogP contribution in [-0.4, -0.2) is 42.4 Å². The van der Waals surface area contributed by atoms with Crippen molar-refractivity contribution in [2.75, 3.05) is 25.0 Å². The van der Waals surface area contributed by atoms with Gasteiger partial charge in [0.25, 0.3) is 0 Å². The highest BCUT2D eigenvalue weighted by molar-refractivity contribution is 6.34. The van der Waals surface area contributed by atoms with E-state index in [2.05, 4.69) is 15.5 Å². The summed E-state index contributed by atoms with van der Waals surface area (Å²) in [5.41, 5.74) is 2.73. The first kappa shape index (κ1) is 19.7. The number of rotatable bonds is 5.